The van der Waals surface area contributed by atoms with Crippen molar-refractivity contribution < 1.29 is 19.1 Å². The van der Waals surface area contributed by atoms with Gasteiger partial charge in [-0.15, -0.1) is 0 Å². The summed E-state index contributed by atoms with van der Waals surface area (Å²) in [7, 11) is 3.18. The number of ether oxygens (including phenoxy) is 2. The first-order chi connectivity index (χ1) is 14.6. The Morgan fingerprint density at radius 1 is 0.733 bits per heavy atom. The number of benzene rings is 2. The molecule has 2 aromatic carbocycles. The maximum atomic E-state index is 12.4. The highest BCUT2D eigenvalue weighted by molar-refractivity contribution is 5.96. The van der Waals surface area contributed by atoms with Crippen molar-refractivity contribution in [3.8, 4) is 11.5 Å². The minimum Gasteiger partial charge on any atom is -0.497 e. The van der Waals surface area contributed by atoms with Crippen LogP contribution in [0.2, 0.25) is 0 Å². The van der Waals surface area contributed by atoms with E-state index >= 15 is 0 Å². The highest BCUT2D eigenvalue weighted by atomic mass is 16.5. The van der Waals surface area contributed by atoms with Gasteiger partial charge in [-0.25, -0.2) is 4.98 Å². The molecule has 0 aliphatic rings. The van der Waals surface area contributed by atoms with Crippen LogP contribution in [0.1, 0.15) is 32.1 Å². The van der Waals surface area contributed by atoms with E-state index in [1.165, 1.54) is 0 Å². The molecule has 2 N–H and O–H groups in total. The Labute approximate surface area is 175 Å². The molecule has 30 heavy (non-hydrogen) atoms. The number of hydrogen-bond donors (Lipinski definition) is 2. The van der Waals surface area contributed by atoms with E-state index in [1.54, 1.807) is 32.4 Å². The summed E-state index contributed by atoms with van der Waals surface area (Å²) < 4.78 is 10.4. The SMILES string of the molecule is COc1cccc(CNC(=O)c2cccc(C(=O)NCc3cccc(OC)c3)n2)c1. The summed E-state index contributed by atoms with van der Waals surface area (Å²) in [5.74, 6) is 0.713. The van der Waals surface area contributed by atoms with Crippen molar-refractivity contribution >= 4 is 11.8 Å². The molecule has 0 bridgehead atoms. The number of amides is 2. The second-order valence-corrected chi connectivity index (χ2v) is 6.48. The van der Waals surface area contributed by atoms with Crippen LogP contribution in [0.4, 0.5) is 0 Å². The fraction of sp³-hybridized carbons (Fsp3) is 0.174. The third-order valence-corrected chi connectivity index (χ3v) is 4.39. The topological polar surface area (TPSA) is 89.5 Å². The number of pyridine rings is 1. The molecule has 7 nitrogen and oxygen atoms in total. The molecule has 1 aromatic heterocycles. The Bertz CT molecular complexity index is 957. The van der Waals surface area contributed by atoms with E-state index in [0.29, 0.717) is 13.1 Å². The second-order valence-electron chi connectivity index (χ2n) is 6.48. The van der Waals surface area contributed by atoms with Crippen LogP contribution in [0.3, 0.4) is 0 Å². The molecule has 0 aliphatic carbocycles. The molecule has 0 atom stereocenters. The lowest BCUT2D eigenvalue weighted by molar-refractivity contribution is 0.0941. The van der Waals surface area contributed by atoms with E-state index in [4.69, 9.17) is 9.47 Å². The summed E-state index contributed by atoms with van der Waals surface area (Å²) >= 11 is 0. The Morgan fingerprint density at radius 2 is 1.17 bits per heavy atom. The Hall–Kier alpha value is -3.87. The lowest BCUT2D eigenvalue weighted by Crippen LogP contribution is -2.27. The van der Waals surface area contributed by atoms with Gasteiger partial charge in [-0.05, 0) is 47.5 Å². The van der Waals surface area contributed by atoms with E-state index in [9.17, 15) is 9.59 Å². The number of rotatable bonds is 8. The standard InChI is InChI=1S/C23H23N3O4/c1-29-18-8-3-6-16(12-18)14-24-22(27)20-10-5-11-21(26-20)23(28)25-15-17-7-4-9-19(13-17)30-2/h3-13H,14-15H2,1-2H3,(H,24,27)(H,25,28). The van der Waals surface area contributed by atoms with Crippen molar-refractivity contribution in [2.45, 2.75) is 13.1 Å². The van der Waals surface area contributed by atoms with Crippen molar-refractivity contribution in [3.05, 3.63) is 89.2 Å². The smallest absolute Gasteiger partial charge is 0.270 e. The van der Waals surface area contributed by atoms with Gasteiger partial charge in [0, 0.05) is 13.1 Å². The monoisotopic (exact) mass is 405 g/mol. The summed E-state index contributed by atoms with van der Waals surface area (Å²) in [4.78, 5) is 29.1. The van der Waals surface area contributed by atoms with Gasteiger partial charge in [0.25, 0.3) is 11.8 Å². The number of methoxy groups -OCH3 is 2. The quantitative estimate of drug-likeness (QED) is 0.601. The summed E-state index contributed by atoms with van der Waals surface area (Å²) in [6, 6.07) is 19.6. The molecule has 2 amide bonds. The second kappa shape index (κ2) is 10.1. The number of carbonyl (C=O) groups is 2. The number of hydrogen-bond acceptors (Lipinski definition) is 5. The molecule has 1 heterocycles. The number of aromatic nitrogens is 1. The molecule has 3 rings (SSSR count). The summed E-state index contributed by atoms with van der Waals surface area (Å²) in [6.07, 6.45) is 0. The number of carbonyl (C=O) groups excluding carboxylic acids is 2. The van der Waals surface area contributed by atoms with E-state index in [-0.39, 0.29) is 23.2 Å². The molecule has 0 aliphatic heterocycles. The lowest BCUT2D eigenvalue weighted by Gasteiger charge is -2.09. The minimum atomic E-state index is -0.361. The summed E-state index contributed by atoms with van der Waals surface area (Å²) in [6.45, 7) is 0.647. The van der Waals surface area contributed by atoms with Gasteiger partial charge < -0.3 is 20.1 Å². The fourth-order valence-corrected chi connectivity index (χ4v) is 2.80. The zero-order valence-corrected chi connectivity index (χ0v) is 16.8. The normalized spacial score (nSPS) is 10.2. The van der Waals surface area contributed by atoms with Crippen molar-refractivity contribution in [2.75, 3.05) is 14.2 Å². The molecule has 154 valence electrons. The first-order valence-corrected chi connectivity index (χ1v) is 9.38. The van der Waals surface area contributed by atoms with Crippen molar-refractivity contribution in [3.63, 3.8) is 0 Å². The van der Waals surface area contributed by atoms with Gasteiger partial charge in [-0.1, -0.05) is 30.3 Å². The van der Waals surface area contributed by atoms with Crippen LogP contribution in [-0.2, 0) is 13.1 Å². The van der Waals surface area contributed by atoms with E-state index in [0.717, 1.165) is 22.6 Å². The number of nitrogens with one attached hydrogen (secondary N) is 2. The third kappa shape index (κ3) is 5.57. The van der Waals surface area contributed by atoms with Crippen LogP contribution in [-0.4, -0.2) is 31.0 Å². The van der Waals surface area contributed by atoms with Gasteiger partial charge in [0.15, 0.2) is 0 Å². The largest absolute Gasteiger partial charge is 0.497 e. The van der Waals surface area contributed by atoms with Crippen molar-refractivity contribution in [2.24, 2.45) is 0 Å². The van der Waals surface area contributed by atoms with Crippen LogP contribution in [0.25, 0.3) is 0 Å². The molecule has 0 radical (unpaired) electrons. The first kappa shape index (κ1) is 20.9. The fourth-order valence-electron chi connectivity index (χ4n) is 2.80. The predicted molar refractivity (Wildman–Crippen MR) is 113 cm³/mol. The van der Waals surface area contributed by atoms with Gasteiger partial charge in [0.05, 0.1) is 14.2 Å². The zero-order chi connectivity index (χ0) is 21.3. The Balaban J connectivity index is 1.59. The van der Waals surface area contributed by atoms with Gasteiger partial charge in [-0.3, -0.25) is 9.59 Å². The van der Waals surface area contributed by atoms with E-state index in [1.807, 2.05) is 48.5 Å². The van der Waals surface area contributed by atoms with Crippen molar-refractivity contribution in [1.29, 1.82) is 0 Å². The van der Waals surface area contributed by atoms with Crippen molar-refractivity contribution in [1.82, 2.24) is 15.6 Å². The summed E-state index contributed by atoms with van der Waals surface area (Å²) in [5.41, 5.74) is 2.14. The molecule has 0 saturated carbocycles. The highest BCUT2D eigenvalue weighted by Crippen LogP contribution is 2.13. The molecule has 3 aromatic rings. The average Bonchev–Trinajstić information content (AvgIpc) is 2.81. The molecular formula is C23H23N3O4. The molecular weight excluding hydrogens is 382 g/mol. The average molecular weight is 405 g/mol. The highest BCUT2D eigenvalue weighted by Gasteiger charge is 2.12. The van der Waals surface area contributed by atoms with Gasteiger partial charge in [0.1, 0.15) is 22.9 Å². The first-order valence-electron chi connectivity index (χ1n) is 9.38. The van der Waals surface area contributed by atoms with Gasteiger partial charge >= 0.3 is 0 Å². The maximum Gasteiger partial charge on any atom is 0.270 e. The molecule has 0 spiro atoms. The van der Waals surface area contributed by atoms with Gasteiger partial charge in [0.2, 0.25) is 0 Å². The lowest BCUT2D eigenvalue weighted by atomic mass is 10.2. The van der Waals surface area contributed by atoms with Gasteiger partial charge in [-0.2, -0.15) is 0 Å². The summed E-state index contributed by atoms with van der Waals surface area (Å²) in [5, 5.41) is 5.60. The van der Waals surface area contributed by atoms with Crippen LogP contribution < -0.4 is 20.1 Å². The van der Waals surface area contributed by atoms with Crippen LogP contribution >= 0.6 is 0 Å². The van der Waals surface area contributed by atoms with Crippen LogP contribution in [0.15, 0.2) is 66.7 Å². The molecule has 0 saturated heterocycles. The Morgan fingerprint density at radius 3 is 1.60 bits per heavy atom. The zero-order valence-electron chi connectivity index (χ0n) is 16.8. The third-order valence-electron chi connectivity index (χ3n) is 4.39. The van der Waals surface area contributed by atoms with Crippen LogP contribution in [0.5, 0.6) is 11.5 Å². The van der Waals surface area contributed by atoms with Crippen LogP contribution in [0, 0.1) is 0 Å². The van der Waals surface area contributed by atoms with E-state index < -0.39 is 0 Å². The maximum absolute atomic E-state index is 12.4. The predicted octanol–water partition coefficient (Wildman–Crippen LogP) is 2.96. The minimum absolute atomic E-state index is 0.173. The Kier molecular flexibility index (Phi) is 7.00. The molecule has 7 heteroatoms. The molecule has 0 fully saturated rings. The number of nitrogens with zero attached hydrogens (tertiary/aromatic N) is 1. The molecule has 0 unspecified atom stereocenters. The van der Waals surface area contributed by atoms with E-state index in [2.05, 4.69) is 15.6 Å².